The van der Waals surface area contributed by atoms with Crippen molar-refractivity contribution < 1.29 is 4.42 Å². The summed E-state index contributed by atoms with van der Waals surface area (Å²) in [5.41, 5.74) is 1.75. The molecule has 1 aromatic heterocycles. The minimum Gasteiger partial charge on any atom is -0.468 e. The zero-order valence-corrected chi connectivity index (χ0v) is 12.8. The lowest BCUT2D eigenvalue weighted by Gasteiger charge is -2.37. The van der Waals surface area contributed by atoms with Gasteiger partial charge in [-0.05, 0) is 30.9 Å². The van der Waals surface area contributed by atoms with E-state index >= 15 is 0 Å². The summed E-state index contributed by atoms with van der Waals surface area (Å²) in [5.74, 6) is 1.13. The van der Waals surface area contributed by atoms with Gasteiger partial charge in [-0.2, -0.15) is 0 Å². The average molecular weight is 264 g/mol. The van der Waals surface area contributed by atoms with E-state index in [-0.39, 0.29) is 0 Å². The van der Waals surface area contributed by atoms with Crippen molar-refractivity contribution in [3.05, 3.63) is 23.7 Å². The van der Waals surface area contributed by atoms with Crippen LogP contribution in [0, 0.1) is 5.41 Å². The fourth-order valence-electron chi connectivity index (χ4n) is 2.86. The van der Waals surface area contributed by atoms with Gasteiger partial charge in [-0.25, -0.2) is 0 Å². The first-order chi connectivity index (χ1) is 8.96. The van der Waals surface area contributed by atoms with Crippen molar-refractivity contribution in [3.8, 4) is 0 Å². The Balaban J connectivity index is 1.93. The van der Waals surface area contributed by atoms with Crippen LogP contribution in [0.2, 0.25) is 0 Å². The summed E-state index contributed by atoms with van der Waals surface area (Å²) in [6, 6.07) is 2.61. The minimum atomic E-state index is 0.446. The number of likely N-dealkylation sites (tertiary alicyclic amines) is 1. The third-order valence-corrected chi connectivity index (χ3v) is 3.89. The summed E-state index contributed by atoms with van der Waals surface area (Å²) in [7, 11) is 0. The van der Waals surface area contributed by atoms with Gasteiger partial charge in [0.1, 0.15) is 5.76 Å². The van der Waals surface area contributed by atoms with Crippen molar-refractivity contribution in [2.45, 2.75) is 59.7 Å². The third kappa shape index (κ3) is 4.36. The van der Waals surface area contributed by atoms with Crippen LogP contribution in [0.5, 0.6) is 0 Å². The van der Waals surface area contributed by atoms with Gasteiger partial charge in [0.05, 0.1) is 12.8 Å². The van der Waals surface area contributed by atoms with Crippen LogP contribution in [0.25, 0.3) is 0 Å². The summed E-state index contributed by atoms with van der Waals surface area (Å²) in [4.78, 5) is 2.53. The highest BCUT2D eigenvalue weighted by Crippen LogP contribution is 2.29. The van der Waals surface area contributed by atoms with Crippen LogP contribution >= 0.6 is 0 Å². The molecule has 1 N–H and O–H groups in total. The molecule has 0 unspecified atom stereocenters. The van der Waals surface area contributed by atoms with E-state index in [4.69, 9.17) is 4.42 Å². The fourth-order valence-corrected chi connectivity index (χ4v) is 2.86. The lowest BCUT2D eigenvalue weighted by Crippen LogP contribution is -2.39. The van der Waals surface area contributed by atoms with E-state index in [1.807, 2.05) is 6.26 Å². The molecule has 1 aromatic rings. The largest absolute Gasteiger partial charge is 0.468 e. The fraction of sp³-hybridized carbons (Fsp3) is 0.750. The highest BCUT2D eigenvalue weighted by Gasteiger charge is 2.27. The van der Waals surface area contributed by atoms with E-state index in [2.05, 4.69) is 44.0 Å². The molecule has 3 nitrogen and oxygen atoms in total. The van der Waals surface area contributed by atoms with Crippen LogP contribution in [0.3, 0.4) is 0 Å². The maximum absolute atomic E-state index is 5.69. The Hall–Kier alpha value is -0.800. The molecule has 3 heteroatoms. The maximum atomic E-state index is 5.69. The van der Waals surface area contributed by atoms with E-state index in [9.17, 15) is 0 Å². The van der Waals surface area contributed by atoms with E-state index < -0.39 is 0 Å². The highest BCUT2D eigenvalue weighted by molar-refractivity contribution is 5.17. The molecule has 0 aliphatic carbocycles. The lowest BCUT2D eigenvalue weighted by molar-refractivity contribution is 0.104. The second-order valence-electron chi connectivity index (χ2n) is 6.88. The Kier molecular flexibility index (Phi) is 4.69. The molecule has 0 radical (unpaired) electrons. The lowest BCUT2D eigenvalue weighted by atomic mass is 9.84. The predicted molar refractivity (Wildman–Crippen MR) is 79.0 cm³/mol. The van der Waals surface area contributed by atoms with Gasteiger partial charge in [-0.15, -0.1) is 0 Å². The van der Waals surface area contributed by atoms with Gasteiger partial charge in [0.2, 0.25) is 0 Å². The van der Waals surface area contributed by atoms with Crippen LogP contribution in [-0.2, 0) is 13.1 Å². The molecule has 0 amide bonds. The zero-order chi connectivity index (χ0) is 13.9. The molecule has 19 heavy (non-hydrogen) atoms. The van der Waals surface area contributed by atoms with Crippen LogP contribution in [0.4, 0.5) is 0 Å². The summed E-state index contributed by atoms with van der Waals surface area (Å²) in [5, 5.41) is 3.46. The van der Waals surface area contributed by atoms with Crippen LogP contribution in [-0.4, -0.2) is 24.0 Å². The standard InChI is InChI=1S/C16H28N2O/c1-13(2)17-10-14-6-9-19-15(14)11-18-8-5-7-16(3,4)12-18/h6,9,13,17H,5,7-8,10-12H2,1-4H3. The second kappa shape index (κ2) is 6.10. The summed E-state index contributed by atoms with van der Waals surface area (Å²) >= 11 is 0. The molecule has 1 aliphatic rings. The first-order valence-corrected chi connectivity index (χ1v) is 7.47. The average Bonchev–Trinajstić information content (AvgIpc) is 2.72. The molecule has 0 saturated carbocycles. The SMILES string of the molecule is CC(C)NCc1ccoc1CN1CCCC(C)(C)C1. The molecule has 0 spiro atoms. The highest BCUT2D eigenvalue weighted by atomic mass is 16.3. The smallest absolute Gasteiger partial charge is 0.122 e. The van der Waals surface area contributed by atoms with Crippen molar-refractivity contribution in [2.75, 3.05) is 13.1 Å². The van der Waals surface area contributed by atoms with Crippen molar-refractivity contribution in [3.63, 3.8) is 0 Å². The van der Waals surface area contributed by atoms with Gasteiger partial charge in [0.15, 0.2) is 0 Å². The molecular formula is C16H28N2O. The first kappa shape index (κ1) is 14.6. The minimum absolute atomic E-state index is 0.446. The van der Waals surface area contributed by atoms with Crippen molar-refractivity contribution in [2.24, 2.45) is 5.41 Å². The van der Waals surface area contributed by atoms with Gasteiger partial charge < -0.3 is 9.73 Å². The van der Waals surface area contributed by atoms with Crippen molar-refractivity contribution in [1.82, 2.24) is 10.2 Å². The number of nitrogens with one attached hydrogen (secondary N) is 1. The number of rotatable bonds is 5. The van der Waals surface area contributed by atoms with Crippen molar-refractivity contribution >= 4 is 0 Å². The molecule has 108 valence electrons. The number of furan rings is 1. The van der Waals surface area contributed by atoms with Crippen LogP contribution < -0.4 is 5.32 Å². The van der Waals surface area contributed by atoms with E-state index in [1.54, 1.807) is 0 Å². The van der Waals surface area contributed by atoms with Gasteiger partial charge in [-0.1, -0.05) is 27.7 Å². The number of nitrogens with zero attached hydrogens (tertiary/aromatic N) is 1. The Morgan fingerprint density at radius 2 is 2.21 bits per heavy atom. The van der Waals surface area contributed by atoms with Crippen molar-refractivity contribution in [1.29, 1.82) is 0 Å². The van der Waals surface area contributed by atoms with Crippen LogP contribution in [0.15, 0.2) is 16.7 Å². The Morgan fingerprint density at radius 1 is 1.42 bits per heavy atom. The molecule has 0 aromatic carbocycles. The molecular weight excluding hydrogens is 236 g/mol. The van der Waals surface area contributed by atoms with Gasteiger partial charge in [-0.3, -0.25) is 4.90 Å². The summed E-state index contributed by atoms with van der Waals surface area (Å²) in [6.45, 7) is 13.3. The van der Waals surface area contributed by atoms with E-state index in [1.165, 1.54) is 31.5 Å². The molecule has 1 aliphatic heterocycles. The quantitative estimate of drug-likeness (QED) is 0.883. The predicted octanol–water partition coefficient (Wildman–Crippen LogP) is 3.40. The third-order valence-electron chi connectivity index (χ3n) is 3.89. The molecule has 1 saturated heterocycles. The van der Waals surface area contributed by atoms with E-state index in [0.717, 1.165) is 18.8 Å². The van der Waals surface area contributed by atoms with Gasteiger partial charge >= 0.3 is 0 Å². The molecule has 1 fully saturated rings. The Morgan fingerprint density at radius 3 is 2.89 bits per heavy atom. The number of piperidine rings is 1. The number of hydrogen-bond acceptors (Lipinski definition) is 3. The Labute approximate surface area is 117 Å². The first-order valence-electron chi connectivity index (χ1n) is 7.47. The maximum Gasteiger partial charge on any atom is 0.122 e. The van der Waals surface area contributed by atoms with Gasteiger partial charge in [0, 0.05) is 24.7 Å². The zero-order valence-electron chi connectivity index (χ0n) is 12.8. The van der Waals surface area contributed by atoms with Crippen LogP contribution in [0.1, 0.15) is 51.9 Å². The molecule has 0 atom stereocenters. The Bertz CT molecular complexity index is 395. The van der Waals surface area contributed by atoms with Gasteiger partial charge in [0.25, 0.3) is 0 Å². The molecule has 0 bridgehead atoms. The molecule has 2 rings (SSSR count). The normalized spacial score (nSPS) is 20.1. The summed E-state index contributed by atoms with van der Waals surface area (Å²) in [6.07, 6.45) is 4.46. The number of hydrogen-bond donors (Lipinski definition) is 1. The monoisotopic (exact) mass is 264 g/mol. The summed E-state index contributed by atoms with van der Waals surface area (Å²) < 4.78 is 5.69. The second-order valence-corrected chi connectivity index (χ2v) is 6.88. The topological polar surface area (TPSA) is 28.4 Å². The molecule has 2 heterocycles. The van der Waals surface area contributed by atoms with E-state index in [0.29, 0.717) is 11.5 Å².